The van der Waals surface area contributed by atoms with Gasteiger partial charge in [-0.15, -0.1) is 0 Å². The second kappa shape index (κ2) is 5.90. The van der Waals surface area contributed by atoms with E-state index < -0.39 is 0 Å². The molecule has 102 valence electrons. The van der Waals surface area contributed by atoms with Gasteiger partial charge in [0.15, 0.2) is 0 Å². The van der Waals surface area contributed by atoms with Gasteiger partial charge >= 0.3 is 0 Å². The summed E-state index contributed by atoms with van der Waals surface area (Å²) < 4.78 is 18.3. The van der Waals surface area contributed by atoms with Gasteiger partial charge in [0.25, 0.3) is 0 Å². The minimum absolute atomic E-state index is 0.0780. The van der Waals surface area contributed by atoms with Gasteiger partial charge in [0.05, 0.1) is 13.2 Å². The Morgan fingerprint density at radius 2 is 2.21 bits per heavy atom. The van der Waals surface area contributed by atoms with Crippen LogP contribution in [0.3, 0.4) is 0 Å². The number of aliphatic hydroxyl groups excluding tert-OH is 1. The fraction of sp³-hybridized carbons (Fsp3) is 0.385. The molecule has 0 spiro atoms. The van der Waals surface area contributed by atoms with Crippen molar-refractivity contribution >= 4 is 0 Å². The second-order valence-corrected chi connectivity index (χ2v) is 4.44. The molecule has 1 heterocycles. The van der Waals surface area contributed by atoms with Gasteiger partial charge in [0.2, 0.25) is 11.7 Å². The number of likely N-dealkylation sites (N-methyl/N-ethyl adjacent to an activating group) is 1. The van der Waals surface area contributed by atoms with Crippen molar-refractivity contribution in [3.8, 4) is 11.4 Å². The average Bonchev–Trinajstić information content (AvgIpc) is 2.81. The van der Waals surface area contributed by atoms with Crippen molar-refractivity contribution in [2.75, 3.05) is 20.2 Å². The lowest BCUT2D eigenvalue weighted by Crippen LogP contribution is -2.21. The van der Waals surface area contributed by atoms with E-state index in [9.17, 15) is 4.39 Å². The molecule has 6 heteroatoms. The fourth-order valence-electron chi connectivity index (χ4n) is 1.70. The summed E-state index contributed by atoms with van der Waals surface area (Å²) in [7, 11) is 1.85. The highest BCUT2D eigenvalue weighted by atomic mass is 19.1. The van der Waals surface area contributed by atoms with E-state index in [0.29, 0.717) is 30.4 Å². The SMILES string of the molecule is Cc1cc(-c2noc(CN(C)CCO)n2)ccc1F. The molecular formula is C13H16FN3O2. The maximum atomic E-state index is 13.2. The molecule has 0 fully saturated rings. The molecule has 0 saturated carbocycles. The maximum absolute atomic E-state index is 13.2. The molecule has 0 radical (unpaired) electrons. The number of aryl methyl sites for hydroxylation is 1. The molecule has 0 bridgehead atoms. The van der Waals surface area contributed by atoms with Gasteiger partial charge in [-0.2, -0.15) is 4.98 Å². The molecule has 0 atom stereocenters. The molecule has 1 aromatic carbocycles. The summed E-state index contributed by atoms with van der Waals surface area (Å²) >= 11 is 0. The van der Waals surface area contributed by atoms with Crippen LogP contribution >= 0.6 is 0 Å². The van der Waals surface area contributed by atoms with Gasteiger partial charge in [-0.1, -0.05) is 5.16 Å². The van der Waals surface area contributed by atoms with Gasteiger partial charge < -0.3 is 9.63 Å². The van der Waals surface area contributed by atoms with E-state index in [4.69, 9.17) is 9.63 Å². The first-order valence-corrected chi connectivity index (χ1v) is 5.98. The maximum Gasteiger partial charge on any atom is 0.241 e. The summed E-state index contributed by atoms with van der Waals surface area (Å²) in [4.78, 5) is 6.12. The fourth-order valence-corrected chi connectivity index (χ4v) is 1.70. The van der Waals surface area contributed by atoms with E-state index in [2.05, 4.69) is 10.1 Å². The first kappa shape index (κ1) is 13.6. The molecule has 2 aromatic rings. The number of nitrogens with zero attached hydrogens (tertiary/aromatic N) is 3. The van der Waals surface area contributed by atoms with E-state index in [1.54, 1.807) is 19.1 Å². The van der Waals surface area contributed by atoms with E-state index in [0.717, 1.165) is 5.56 Å². The molecule has 0 aliphatic carbocycles. The first-order valence-electron chi connectivity index (χ1n) is 5.98. The lowest BCUT2D eigenvalue weighted by atomic mass is 10.1. The lowest BCUT2D eigenvalue weighted by Gasteiger charge is -2.10. The third kappa shape index (κ3) is 3.36. The quantitative estimate of drug-likeness (QED) is 0.889. The van der Waals surface area contributed by atoms with Gasteiger partial charge in [-0.25, -0.2) is 4.39 Å². The number of aliphatic hydroxyl groups is 1. The van der Waals surface area contributed by atoms with Crippen molar-refractivity contribution in [2.45, 2.75) is 13.5 Å². The highest BCUT2D eigenvalue weighted by Gasteiger charge is 2.11. The Kier molecular flexibility index (Phi) is 4.24. The van der Waals surface area contributed by atoms with Gasteiger partial charge in [0.1, 0.15) is 5.82 Å². The number of benzene rings is 1. The summed E-state index contributed by atoms with van der Waals surface area (Å²) in [5.74, 6) is 0.651. The summed E-state index contributed by atoms with van der Waals surface area (Å²) in [6, 6.07) is 4.69. The standard InChI is InChI=1S/C13H16FN3O2/c1-9-7-10(3-4-11(9)14)13-15-12(19-16-13)8-17(2)5-6-18/h3-4,7,18H,5-6,8H2,1-2H3. The Hall–Kier alpha value is -1.79. The molecule has 0 aliphatic heterocycles. The molecule has 0 amide bonds. The van der Waals surface area contributed by atoms with Crippen molar-refractivity contribution in [3.63, 3.8) is 0 Å². The van der Waals surface area contributed by atoms with Crippen LogP contribution in [0.2, 0.25) is 0 Å². The third-order valence-corrected chi connectivity index (χ3v) is 2.77. The Bertz CT molecular complexity index is 557. The van der Waals surface area contributed by atoms with Crippen LogP contribution in [0.5, 0.6) is 0 Å². The summed E-state index contributed by atoms with van der Waals surface area (Å²) in [6.45, 7) is 2.77. The molecule has 2 rings (SSSR count). The zero-order chi connectivity index (χ0) is 13.8. The Labute approximate surface area is 110 Å². The van der Waals surface area contributed by atoms with Crippen LogP contribution in [0, 0.1) is 12.7 Å². The Balaban J connectivity index is 2.14. The highest BCUT2D eigenvalue weighted by Crippen LogP contribution is 2.19. The molecular weight excluding hydrogens is 249 g/mol. The normalized spacial score (nSPS) is 11.2. The number of halogens is 1. The first-order chi connectivity index (χ1) is 9.10. The molecule has 0 aliphatic rings. The third-order valence-electron chi connectivity index (χ3n) is 2.77. The van der Waals surface area contributed by atoms with Crippen LogP contribution in [0.15, 0.2) is 22.7 Å². The van der Waals surface area contributed by atoms with E-state index >= 15 is 0 Å². The number of aromatic nitrogens is 2. The van der Waals surface area contributed by atoms with Crippen LogP contribution in [-0.4, -0.2) is 40.3 Å². The largest absolute Gasteiger partial charge is 0.395 e. The van der Waals surface area contributed by atoms with Gasteiger partial charge in [-0.3, -0.25) is 4.90 Å². The molecule has 1 aromatic heterocycles. The monoisotopic (exact) mass is 265 g/mol. The van der Waals surface area contributed by atoms with Gasteiger partial charge in [-0.05, 0) is 37.7 Å². The second-order valence-electron chi connectivity index (χ2n) is 4.44. The summed E-state index contributed by atoms with van der Waals surface area (Å²) in [5.41, 5.74) is 1.26. The van der Waals surface area contributed by atoms with Crippen LogP contribution < -0.4 is 0 Å². The zero-order valence-corrected chi connectivity index (χ0v) is 10.9. The minimum Gasteiger partial charge on any atom is -0.395 e. The molecule has 0 saturated heterocycles. The zero-order valence-electron chi connectivity index (χ0n) is 10.9. The summed E-state index contributed by atoms with van der Waals surface area (Å²) in [6.07, 6.45) is 0. The molecule has 5 nitrogen and oxygen atoms in total. The van der Waals surface area contributed by atoms with Crippen molar-refractivity contribution < 1.29 is 14.0 Å². The predicted octanol–water partition coefficient (Wildman–Crippen LogP) is 1.61. The number of rotatable bonds is 5. The van der Waals surface area contributed by atoms with E-state index in [-0.39, 0.29) is 12.4 Å². The highest BCUT2D eigenvalue weighted by molar-refractivity contribution is 5.55. The number of hydrogen-bond acceptors (Lipinski definition) is 5. The van der Waals surface area contributed by atoms with E-state index in [1.165, 1.54) is 6.07 Å². The minimum atomic E-state index is -0.254. The van der Waals surface area contributed by atoms with Crippen LogP contribution in [0.1, 0.15) is 11.5 Å². The molecule has 0 unspecified atom stereocenters. The average molecular weight is 265 g/mol. The summed E-state index contributed by atoms with van der Waals surface area (Å²) in [5, 5.41) is 12.7. The Morgan fingerprint density at radius 1 is 1.42 bits per heavy atom. The van der Waals surface area contributed by atoms with Crippen LogP contribution in [0.4, 0.5) is 4.39 Å². The van der Waals surface area contributed by atoms with Crippen LogP contribution in [-0.2, 0) is 6.54 Å². The van der Waals surface area contributed by atoms with Crippen molar-refractivity contribution in [1.82, 2.24) is 15.0 Å². The number of hydrogen-bond donors (Lipinski definition) is 1. The predicted molar refractivity (Wildman–Crippen MR) is 67.8 cm³/mol. The van der Waals surface area contributed by atoms with Crippen molar-refractivity contribution in [1.29, 1.82) is 0 Å². The molecule has 19 heavy (non-hydrogen) atoms. The topological polar surface area (TPSA) is 62.4 Å². The van der Waals surface area contributed by atoms with Crippen LogP contribution in [0.25, 0.3) is 11.4 Å². The van der Waals surface area contributed by atoms with Gasteiger partial charge in [0, 0.05) is 12.1 Å². The van der Waals surface area contributed by atoms with Crippen molar-refractivity contribution in [3.05, 3.63) is 35.5 Å². The lowest BCUT2D eigenvalue weighted by molar-refractivity contribution is 0.200. The van der Waals surface area contributed by atoms with Crippen molar-refractivity contribution in [2.24, 2.45) is 0 Å². The van der Waals surface area contributed by atoms with E-state index in [1.807, 2.05) is 11.9 Å². The Morgan fingerprint density at radius 3 is 2.89 bits per heavy atom. The smallest absolute Gasteiger partial charge is 0.241 e. The molecule has 1 N–H and O–H groups in total.